The Bertz CT molecular complexity index is 277. The summed E-state index contributed by atoms with van der Waals surface area (Å²) in [4.78, 5) is 14.2. The minimum Gasteiger partial charge on any atom is -0.339 e. The highest BCUT2D eigenvalue weighted by molar-refractivity contribution is 5.77. The number of rotatable bonds is 4. The zero-order valence-corrected chi connectivity index (χ0v) is 10.1. The van der Waals surface area contributed by atoms with Gasteiger partial charge in [-0.05, 0) is 24.7 Å². The molecule has 3 nitrogen and oxygen atoms in total. The van der Waals surface area contributed by atoms with Gasteiger partial charge in [-0.25, -0.2) is 0 Å². The van der Waals surface area contributed by atoms with Crippen molar-refractivity contribution in [3.05, 3.63) is 12.7 Å². The SMILES string of the molecule is C=CCCC(=O)N1CC2CNCC2C1CC. The molecule has 0 aromatic rings. The summed E-state index contributed by atoms with van der Waals surface area (Å²) in [6.45, 7) is 9.01. The average molecular weight is 222 g/mol. The molecule has 2 fully saturated rings. The van der Waals surface area contributed by atoms with E-state index in [2.05, 4.69) is 23.7 Å². The van der Waals surface area contributed by atoms with Gasteiger partial charge in [0.25, 0.3) is 0 Å². The lowest BCUT2D eigenvalue weighted by Gasteiger charge is -2.26. The molecule has 0 aliphatic carbocycles. The van der Waals surface area contributed by atoms with Crippen LogP contribution in [-0.2, 0) is 4.79 Å². The first kappa shape index (κ1) is 11.6. The monoisotopic (exact) mass is 222 g/mol. The molecule has 3 unspecified atom stereocenters. The van der Waals surface area contributed by atoms with Crippen LogP contribution in [0.5, 0.6) is 0 Å². The molecule has 0 saturated carbocycles. The number of nitrogens with one attached hydrogen (secondary N) is 1. The number of allylic oxidation sites excluding steroid dienone is 1. The fourth-order valence-corrected chi connectivity index (χ4v) is 3.20. The number of hydrogen-bond donors (Lipinski definition) is 1. The van der Waals surface area contributed by atoms with Crippen molar-refractivity contribution in [3.8, 4) is 0 Å². The van der Waals surface area contributed by atoms with Crippen molar-refractivity contribution < 1.29 is 4.79 Å². The van der Waals surface area contributed by atoms with Gasteiger partial charge in [-0.15, -0.1) is 6.58 Å². The van der Waals surface area contributed by atoms with E-state index in [1.165, 1.54) is 0 Å². The second kappa shape index (κ2) is 5.00. The molecule has 0 bridgehead atoms. The van der Waals surface area contributed by atoms with E-state index in [1.807, 2.05) is 6.08 Å². The van der Waals surface area contributed by atoms with E-state index in [4.69, 9.17) is 0 Å². The molecule has 0 aromatic heterocycles. The van der Waals surface area contributed by atoms with Gasteiger partial charge < -0.3 is 10.2 Å². The van der Waals surface area contributed by atoms with E-state index in [9.17, 15) is 4.79 Å². The van der Waals surface area contributed by atoms with Gasteiger partial charge in [0.15, 0.2) is 0 Å². The summed E-state index contributed by atoms with van der Waals surface area (Å²) in [6, 6.07) is 0.470. The Morgan fingerprint density at radius 2 is 2.38 bits per heavy atom. The van der Waals surface area contributed by atoms with Crippen LogP contribution in [0.15, 0.2) is 12.7 Å². The summed E-state index contributed by atoms with van der Waals surface area (Å²) in [5.41, 5.74) is 0. The maximum absolute atomic E-state index is 12.1. The summed E-state index contributed by atoms with van der Waals surface area (Å²) >= 11 is 0. The van der Waals surface area contributed by atoms with Gasteiger partial charge in [0.05, 0.1) is 0 Å². The van der Waals surface area contributed by atoms with Gasteiger partial charge in [-0.1, -0.05) is 13.0 Å². The van der Waals surface area contributed by atoms with Gasteiger partial charge in [0, 0.05) is 32.1 Å². The molecule has 0 spiro atoms. The fraction of sp³-hybridized carbons (Fsp3) is 0.769. The van der Waals surface area contributed by atoms with Crippen molar-refractivity contribution in [3.63, 3.8) is 0 Å². The molecule has 1 amide bonds. The van der Waals surface area contributed by atoms with Crippen LogP contribution < -0.4 is 5.32 Å². The minimum atomic E-state index is 0.321. The number of fused-ring (bicyclic) bond motifs is 1. The number of likely N-dealkylation sites (tertiary alicyclic amines) is 1. The highest BCUT2D eigenvalue weighted by Gasteiger charge is 2.44. The van der Waals surface area contributed by atoms with Crippen molar-refractivity contribution in [2.75, 3.05) is 19.6 Å². The number of amides is 1. The third-order valence-corrected chi connectivity index (χ3v) is 4.02. The Balaban J connectivity index is 1.99. The lowest BCUT2D eigenvalue weighted by atomic mass is 9.93. The first-order valence-corrected chi connectivity index (χ1v) is 6.39. The smallest absolute Gasteiger partial charge is 0.223 e. The minimum absolute atomic E-state index is 0.321. The van der Waals surface area contributed by atoms with Gasteiger partial charge in [0.1, 0.15) is 0 Å². The zero-order valence-electron chi connectivity index (χ0n) is 10.1. The summed E-state index contributed by atoms with van der Waals surface area (Å²) in [6.07, 6.45) is 4.35. The Hall–Kier alpha value is -0.830. The molecule has 2 heterocycles. The van der Waals surface area contributed by atoms with E-state index in [1.54, 1.807) is 0 Å². The van der Waals surface area contributed by atoms with E-state index >= 15 is 0 Å². The Kier molecular flexibility index (Phi) is 3.64. The van der Waals surface area contributed by atoms with Crippen LogP contribution >= 0.6 is 0 Å². The van der Waals surface area contributed by atoms with Crippen LogP contribution in [0.4, 0.5) is 0 Å². The number of hydrogen-bond acceptors (Lipinski definition) is 2. The van der Waals surface area contributed by atoms with Crippen molar-refractivity contribution >= 4 is 5.91 Å². The highest BCUT2D eigenvalue weighted by atomic mass is 16.2. The maximum Gasteiger partial charge on any atom is 0.223 e. The fourth-order valence-electron chi connectivity index (χ4n) is 3.20. The first-order chi connectivity index (χ1) is 7.77. The quantitative estimate of drug-likeness (QED) is 0.729. The topological polar surface area (TPSA) is 32.3 Å². The third kappa shape index (κ3) is 2.01. The summed E-state index contributed by atoms with van der Waals surface area (Å²) < 4.78 is 0. The van der Waals surface area contributed by atoms with Crippen LogP contribution in [0.1, 0.15) is 26.2 Å². The molecular formula is C13H22N2O. The van der Waals surface area contributed by atoms with Crippen LogP contribution in [0.2, 0.25) is 0 Å². The van der Waals surface area contributed by atoms with Gasteiger partial charge >= 0.3 is 0 Å². The molecule has 1 N–H and O–H groups in total. The van der Waals surface area contributed by atoms with E-state index in [-0.39, 0.29) is 0 Å². The zero-order chi connectivity index (χ0) is 11.5. The molecule has 0 aromatic carbocycles. The molecule has 2 rings (SSSR count). The summed E-state index contributed by atoms with van der Waals surface area (Å²) in [5.74, 6) is 1.71. The second-order valence-corrected chi connectivity index (χ2v) is 4.93. The van der Waals surface area contributed by atoms with E-state index in [0.29, 0.717) is 30.2 Å². The second-order valence-electron chi connectivity index (χ2n) is 4.93. The van der Waals surface area contributed by atoms with Crippen LogP contribution in [0.3, 0.4) is 0 Å². The normalized spacial score (nSPS) is 32.8. The van der Waals surface area contributed by atoms with Crippen LogP contribution in [0.25, 0.3) is 0 Å². The predicted octanol–water partition coefficient (Wildman–Crippen LogP) is 1.41. The van der Waals surface area contributed by atoms with Crippen LogP contribution in [-0.4, -0.2) is 36.5 Å². The molecule has 16 heavy (non-hydrogen) atoms. The maximum atomic E-state index is 12.1. The molecule has 2 aliphatic heterocycles. The first-order valence-electron chi connectivity index (χ1n) is 6.39. The summed E-state index contributed by atoms with van der Waals surface area (Å²) in [7, 11) is 0. The van der Waals surface area contributed by atoms with Crippen LogP contribution in [0, 0.1) is 11.8 Å². The van der Waals surface area contributed by atoms with E-state index < -0.39 is 0 Å². The van der Waals surface area contributed by atoms with Crippen molar-refractivity contribution in [1.29, 1.82) is 0 Å². The van der Waals surface area contributed by atoms with Crippen molar-refractivity contribution in [2.24, 2.45) is 11.8 Å². The summed E-state index contributed by atoms with van der Waals surface area (Å²) in [5, 5.41) is 3.44. The Morgan fingerprint density at radius 1 is 1.56 bits per heavy atom. The van der Waals surface area contributed by atoms with Gasteiger partial charge in [-0.3, -0.25) is 4.79 Å². The largest absolute Gasteiger partial charge is 0.339 e. The molecular weight excluding hydrogens is 200 g/mol. The molecule has 0 radical (unpaired) electrons. The van der Waals surface area contributed by atoms with Crippen molar-refractivity contribution in [1.82, 2.24) is 10.2 Å². The van der Waals surface area contributed by atoms with E-state index in [0.717, 1.165) is 32.5 Å². The third-order valence-electron chi connectivity index (χ3n) is 4.02. The molecule has 3 heteroatoms. The lowest BCUT2D eigenvalue weighted by Crippen LogP contribution is -2.39. The number of carbonyl (C=O) groups is 1. The van der Waals surface area contributed by atoms with Gasteiger partial charge in [-0.2, -0.15) is 0 Å². The molecule has 2 saturated heterocycles. The Labute approximate surface area is 97.9 Å². The van der Waals surface area contributed by atoms with Crippen molar-refractivity contribution in [2.45, 2.75) is 32.2 Å². The molecule has 2 aliphatic rings. The average Bonchev–Trinajstić information content (AvgIpc) is 2.84. The van der Waals surface area contributed by atoms with Gasteiger partial charge in [0.2, 0.25) is 5.91 Å². The molecule has 90 valence electrons. The standard InChI is InChI=1S/C13H22N2O/c1-3-5-6-13(16)15-9-10-7-14-8-11(10)12(15)4-2/h3,10-12,14H,1,4-9H2,2H3. The Morgan fingerprint density at radius 3 is 3.06 bits per heavy atom. The highest BCUT2D eigenvalue weighted by Crippen LogP contribution is 2.34. The number of nitrogens with zero attached hydrogens (tertiary/aromatic N) is 1. The molecule has 3 atom stereocenters. The lowest BCUT2D eigenvalue weighted by molar-refractivity contribution is -0.132. The number of carbonyl (C=O) groups excluding carboxylic acids is 1. The predicted molar refractivity (Wildman–Crippen MR) is 65.1 cm³/mol.